The molecule has 124 valence electrons. The molecule has 3 aromatic heterocycles. The number of aryl methyl sites for hydroxylation is 1. The predicted octanol–water partition coefficient (Wildman–Crippen LogP) is 3.62. The van der Waals surface area contributed by atoms with Gasteiger partial charge in [0.05, 0.1) is 0 Å². The van der Waals surface area contributed by atoms with Gasteiger partial charge in [-0.05, 0) is 57.1 Å². The number of pyridine rings is 1. The Kier molecular flexibility index (Phi) is 4.40. The average molecular weight is 339 g/mol. The number of likely N-dealkylation sites (tertiary alicyclic amines) is 1. The van der Waals surface area contributed by atoms with Crippen LogP contribution in [0.4, 0.5) is 0 Å². The van der Waals surface area contributed by atoms with E-state index in [4.69, 9.17) is 4.98 Å². The van der Waals surface area contributed by atoms with Crippen molar-refractivity contribution < 1.29 is 0 Å². The van der Waals surface area contributed by atoms with Crippen LogP contribution in [-0.2, 0) is 6.54 Å². The SMILES string of the molecule is Cc1ccc(CN2CCC(c3nc(-c4ccncc4)n[nH]3)CC2)s1. The topological polar surface area (TPSA) is 57.7 Å². The second-order valence-corrected chi connectivity index (χ2v) is 7.72. The Bertz CT molecular complexity index is 787. The summed E-state index contributed by atoms with van der Waals surface area (Å²) in [4.78, 5) is 14.1. The van der Waals surface area contributed by atoms with Gasteiger partial charge in [0.2, 0.25) is 0 Å². The van der Waals surface area contributed by atoms with Crippen molar-refractivity contribution in [3.8, 4) is 11.4 Å². The third-order valence-electron chi connectivity index (χ3n) is 4.59. The largest absolute Gasteiger partial charge is 0.298 e. The van der Waals surface area contributed by atoms with Crippen LogP contribution in [0.3, 0.4) is 0 Å². The summed E-state index contributed by atoms with van der Waals surface area (Å²) in [6.45, 7) is 5.48. The number of nitrogens with one attached hydrogen (secondary N) is 1. The second-order valence-electron chi connectivity index (χ2n) is 6.34. The number of nitrogens with zero attached hydrogens (tertiary/aromatic N) is 4. The summed E-state index contributed by atoms with van der Waals surface area (Å²) in [5, 5.41) is 7.52. The normalized spacial score (nSPS) is 16.5. The number of hydrogen-bond acceptors (Lipinski definition) is 5. The molecule has 0 atom stereocenters. The van der Waals surface area contributed by atoms with Gasteiger partial charge >= 0.3 is 0 Å². The summed E-state index contributed by atoms with van der Waals surface area (Å²) >= 11 is 1.90. The lowest BCUT2D eigenvalue weighted by atomic mass is 9.96. The Morgan fingerprint density at radius 1 is 1.17 bits per heavy atom. The van der Waals surface area contributed by atoms with Crippen LogP contribution >= 0.6 is 11.3 Å². The van der Waals surface area contributed by atoms with Gasteiger partial charge in [0, 0.05) is 40.2 Å². The highest BCUT2D eigenvalue weighted by atomic mass is 32.1. The predicted molar refractivity (Wildman–Crippen MR) is 95.9 cm³/mol. The lowest BCUT2D eigenvalue weighted by Crippen LogP contribution is -2.32. The van der Waals surface area contributed by atoms with Gasteiger partial charge in [-0.3, -0.25) is 15.0 Å². The quantitative estimate of drug-likeness (QED) is 0.789. The standard InChI is InChI=1S/C18H21N5S/c1-13-2-3-16(24-13)12-23-10-6-15(7-11-23)18-20-17(21-22-18)14-4-8-19-9-5-14/h2-5,8-9,15H,6-7,10-12H2,1H3,(H,20,21,22). The van der Waals surface area contributed by atoms with Crippen molar-refractivity contribution in [1.29, 1.82) is 0 Å². The van der Waals surface area contributed by atoms with Gasteiger partial charge < -0.3 is 0 Å². The van der Waals surface area contributed by atoms with Crippen molar-refractivity contribution in [2.45, 2.75) is 32.2 Å². The maximum Gasteiger partial charge on any atom is 0.181 e. The first kappa shape index (κ1) is 15.5. The van der Waals surface area contributed by atoms with E-state index in [1.165, 1.54) is 9.75 Å². The number of thiophene rings is 1. The highest BCUT2D eigenvalue weighted by Gasteiger charge is 2.23. The van der Waals surface area contributed by atoms with Crippen LogP contribution < -0.4 is 0 Å². The Balaban J connectivity index is 1.37. The lowest BCUT2D eigenvalue weighted by molar-refractivity contribution is 0.203. The first-order valence-electron chi connectivity index (χ1n) is 8.38. The molecule has 0 radical (unpaired) electrons. The van der Waals surface area contributed by atoms with E-state index in [2.05, 4.69) is 39.1 Å². The third-order valence-corrected chi connectivity index (χ3v) is 5.58. The van der Waals surface area contributed by atoms with E-state index in [9.17, 15) is 0 Å². The highest BCUT2D eigenvalue weighted by molar-refractivity contribution is 7.11. The molecule has 0 aromatic carbocycles. The lowest BCUT2D eigenvalue weighted by Gasteiger charge is -2.30. The maximum atomic E-state index is 4.71. The van der Waals surface area contributed by atoms with Crippen molar-refractivity contribution in [1.82, 2.24) is 25.1 Å². The van der Waals surface area contributed by atoms with Gasteiger partial charge in [-0.1, -0.05) is 0 Å². The molecule has 0 bridgehead atoms. The molecule has 4 rings (SSSR count). The van der Waals surface area contributed by atoms with E-state index in [0.29, 0.717) is 5.92 Å². The maximum absolute atomic E-state index is 4.71. The van der Waals surface area contributed by atoms with E-state index >= 15 is 0 Å². The van der Waals surface area contributed by atoms with Crippen molar-refractivity contribution in [2.75, 3.05) is 13.1 Å². The van der Waals surface area contributed by atoms with E-state index < -0.39 is 0 Å². The second kappa shape index (κ2) is 6.83. The summed E-state index contributed by atoms with van der Waals surface area (Å²) in [5.74, 6) is 2.27. The molecule has 4 heterocycles. The number of rotatable bonds is 4. The first-order chi connectivity index (χ1) is 11.8. The summed E-state index contributed by atoms with van der Waals surface area (Å²) in [7, 11) is 0. The molecule has 0 amide bonds. The van der Waals surface area contributed by atoms with Crippen LogP contribution in [0.1, 0.15) is 34.3 Å². The molecule has 0 saturated carbocycles. The first-order valence-corrected chi connectivity index (χ1v) is 9.20. The van der Waals surface area contributed by atoms with Crippen LogP contribution in [0.15, 0.2) is 36.7 Å². The minimum atomic E-state index is 0.481. The van der Waals surface area contributed by atoms with Crippen LogP contribution in [0.5, 0.6) is 0 Å². The van der Waals surface area contributed by atoms with Crippen molar-refractivity contribution in [3.05, 3.63) is 52.2 Å². The van der Waals surface area contributed by atoms with Crippen LogP contribution in [0.2, 0.25) is 0 Å². The van der Waals surface area contributed by atoms with Crippen molar-refractivity contribution >= 4 is 11.3 Å². The van der Waals surface area contributed by atoms with Crippen LogP contribution in [0.25, 0.3) is 11.4 Å². The third kappa shape index (κ3) is 3.39. The Hall–Kier alpha value is -2.05. The fraction of sp³-hybridized carbons (Fsp3) is 0.389. The van der Waals surface area contributed by atoms with Crippen LogP contribution in [-0.4, -0.2) is 38.2 Å². The van der Waals surface area contributed by atoms with Crippen LogP contribution in [0, 0.1) is 6.92 Å². The van der Waals surface area contributed by atoms with Gasteiger partial charge in [0.25, 0.3) is 0 Å². The zero-order valence-corrected chi connectivity index (χ0v) is 14.6. The molecule has 1 N–H and O–H groups in total. The summed E-state index contributed by atoms with van der Waals surface area (Å²) in [6.07, 6.45) is 5.82. The zero-order valence-electron chi connectivity index (χ0n) is 13.8. The van der Waals surface area contributed by atoms with Crippen molar-refractivity contribution in [3.63, 3.8) is 0 Å². The number of hydrogen-bond donors (Lipinski definition) is 1. The molecular weight excluding hydrogens is 318 g/mol. The fourth-order valence-corrected chi connectivity index (χ4v) is 4.17. The van der Waals surface area contributed by atoms with Gasteiger partial charge in [0.15, 0.2) is 5.82 Å². The zero-order chi connectivity index (χ0) is 16.4. The number of aromatic nitrogens is 4. The Morgan fingerprint density at radius 3 is 2.67 bits per heavy atom. The molecule has 24 heavy (non-hydrogen) atoms. The molecular formula is C18H21N5S. The van der Waals surface area contributed by atoms with Gasteiger partial charge in [-0.15, -0.1) is 11.3 Å². The number of H-pyrrole nitrogens is 1. The van der Waals surface area contributed by atoms with E-state index in [1.54, 1.807) is 12.4 Å². The molecule has 0 unspecified atom stereocenters. The molecule has 1 aliphatic heterocycles. The summed E-state index contributed by atoms with van der Waals surface area (Å²) in [5.41, 5.74) is 1.01. The highest BCUT2D eigenvalue weighted by Crippen LogP contribution is 2.28. The number of aromatic amines is 1. The number of piperidine rings is 1. The molecule has 3 aromatic rings. The molecule has 1 fully saturated rings. The van der Waals surface area contributed by atoms with Gasteiger partial charge in [-0.2, -0.15) is 5.10 Å². The molecule has 0 aliphatic carbocycles. The average Bonchev–Trinajstić information content (AvgIpc) is 3.26. The Morgan fingerprint density at radius 2 is 1.96 bits per heavy atom. The Labute approximate surface area is 145 Å². The molecule has 1 aliphatic rings. The summed E-state index contributed by atoms with van der Waals surface area (Å²) < 4.78 is 0. The molecule has 6 heteroatoms. The van der Waals surface area contributed by atoms with E-state index in [-0.39, 0.29) is 0 Å². The molecule has 5 nitrogen and oxygen atoms in total. The monoisotopic (exact) mass is 339 g/mol. The van der Waals surface area contributed by atoms with Crippen molar-refractivity contribution in [2.24, 2.45) is 0 Å². The van der Waals surface area contributed by atoms with E-state index in [1.807, 2.05) is 23.5 Å². The molecule has 1 saturated heterocycles. The van der Waals surface area contributed by atoms with E-state index in [0.717, 1.165) is 49.7 Å². The smallest absolute Gasteiger partial charge is 0.181 e. The minimum Gasteiger partial charge on any atom is -0.298 e. The van der Waals surface area contributed by atoms with Gasteiger partial charge in [0.1, 0.15) is 5.82 Å². The molecule has 0 spiro atoms. The minimum absolute atomic E-state index is 0.481. The van der Waals surface area contributed by atoms with Gasteiger partial charge in [-0.25, -0.2) is 4.98 Å². The summed E-state index contributed by atoms with van der Waals surface area (Å²) in [6, 6.07) is 8.35. The fourth-order valence-electron chi connectivity index (χ4n) is 3.24.